The summed E-state index contributed by atoms with van der Waals surface area (Å²) in [7, 11) is 1.77. The van der Waals surface area contributed by atoms with Gasteiger partial charge in [-0.15, -0.1) is 0 Å². The predicted molar refractivity (Wildman–Crippen MR) is 121 cm³/mol. The number of aromatic amines is 1. The Hall–Kier alpha value is -4.12. The van der Waals surface area contributed by atoms with Crippen molar-refractivity contribution in [3.8, 4) is 0 Å². The van der Waals surface area contributed by atoms with Crippen LogP contribution in [-0.2, 0) is 20.1 Å². The van der Waals surface area contributed by atoms with E-state index in [0.717, 1.165) is 21.3 Å². The van der Waals surface area contributed by atoms with Gasteiger partial charge in [0.15, 0.2) is 0 Å². The van der Waals surface area contributed by atoms with Crippen molar-refractivity contribution < 1.29 is 0 Å². The number of aryl methyl sites for hydroxylation is 1. The third kappa shape index (κ3) is 2.71. The van der Waals surface area contributed by atoms with E-state index in [2.05, 4.69) is 24.8 Å². The molecule has 0 saturated carbocycles. The summed E-state index contributed by atoms with van der Waals surface area (Å²) in [5.74, 6) is 0. The lowest BCUT2D eigenvalue weighted by Gasteiger charge is -2.06. The van der Waals surface area contributed by atoms with Gasteiger partial charge < -0.3 is 4.57 Å². The van der Waals surface area contributed by atoms with Crippen molar-refractivity contribution in [2.45, 2.75) is 13.1 Å². The summed E-state index contributed by atoms with van der Waals surface area (Å²) in [5.41, 5.74) is 2.31. The second kappa shape index (κ2) is 6.95. The Morgan fingerprint density at radius 2 is 1.81 bits per heavy atom. The Bertz CT molecular complexity index is 1740. The molecular weight excluding hydrogens is 428 g/mol. The summed E-state index contributed by atoms with van der Waals surface area (Å²) in [6.07, 6.45) is 6.64. The normalized spacial score (nSPS) is 11.8. The number of H-pyrrole nitrogens is 1. The zero-order valence-corrected chi connectivity index (χ0v) is 17.7. The van der Waals surface area contributed by atoms with Gasteiger partial charge in [0.25, 0.3) is 11.1 Å². The van der Waals surface area contributed by atoms with Gasteiger partial charge in [-0.1, -0.05) is 12.1 Å². The highest BCUT2D eigenvalue weighted by molar-refractivity contribution is 7.05. The fraction of sp³-hybridized carbons (Fsp3) is 0.143. The molecule has 0 aliphatic rings. The smallest absolute Gasteiger partial charge is 0.291 e. The highest BCUT2D eigenvalue weighted by Crippen LogP contribution is 2.22. The Morgan fingerprint density at radius 1 is 0.969 bits per heavy atom. The second-order valence-electron chi connectivity index (χ2n) is 7.52. The molecule has 0 spiro atoms. The molecule has 11 heteroatoms. The van der Waals surface area contributed by atoms with Gasteiger partial charge >= 0.3 is 0 Å². The van der Waals surface area contributed by atoms with Crippen LogP contribution in [-0.4, -0.2) is 38.7 Å². The van der Waals surface area contributed by atoms with Crippen LogP contribution in [0.1, 0.15) is 10.4 Å². The van der Waals surface area contributed by atoms with E-state index >= 15 is 0 Å². The van der Waals surface area contributed by atoms with Crippen molar-refractivity contribution in [1.29, 1.82) is 0 Å². The Labute approximate surface area is 183 Å². The standard InChI is InChI=1S/C21H16N8O2S/c1-27-17-9-24-29(11-13-5-6-25-32-13)20(30)18(17)15-8-23-28(21(31)19(15)27)10-12-3-2-4-16-14(12)7-22-26-16/h2-9H,10-11H2,1H3,(H,22,26). The summed E-state index contributed by atoms with van der Waals surface area (Å²) in [5, 5.41) is 17.6. The van der Waals surface area contributed by atoms with E-state index in [4.69, 9.17) is 0 Å². The summed E-state index contributed by atoms with van der Waals surface area (Å²) in [6.45, 7) is 0.621. The van der Waals surface area contributed by atoms with Crippen molar-refractivity contribution in [3.63, 3.8) is 0 Å². The van der Waals surface area contributed by atoms with Crippen LogP contribution in [0.5, 0.6) is 0 Å². The minimum absolute atomic E-state index is 0.261. The average Bonchev–Trinajstić information content (AvgIpc) is 3.53. The molecule has 0 amide bonds. The monoisotopic (exact) mass is 444 g/mol. The molecule has 10 nitrogen and oxygen atoms in total. The maximum atomic E-state index is 13.4. The second-order valence-corrected chi connectivity index (χ2v) is 8.44. The first-order valence-corrected chi connectivity index (χ1v) is 10.6. The lowest BCUT2D eigenvalue weighted by molar-refractivity contribution is 0.647. The van der Waals surface area contributed by atoms with Crippen molar-refractivity contribution >= 4 is 44.2 Å². The van der Waals surface area contributed by atoms with E-state index in [1.54, 1.807) is 36.4 Å². The molecular formula is C21H16N8O2S. The molecule has 1 N–H and O–H groups in total. The molecule has 0 radical (unpaired) electrons. The first-order chi connectivity index (χ1) is 15.6. The van der Waals surface area contributed by atoms with E-state index in [0.29, 0.717) is 34.9 Å². The van der Waals surface area contributed by atoms with Gasteiger partial charge in [-0.3, -0.25) is 14.7 Å². The maximum absolute atomic E-state index is 13.4. The summed E-state index contributed by atoms with van der Waals surface area (Å²) < 4.78 is 8.59. The number of fused-ring (bicyclic) bond motifs is 4. The Morgan fingerprint density at radius 3 is 2.66 bits per heavy atom. The van der Waals surface area contributed by atoms with Gasteiger partial charge in [0.1, 0.15) is 5.52 Å². The molecule has 0 saturated heterocycles. The van der Waals surface area contributed by atoms with Gasteiger partial charge in [0.05, 0.1) is 48.1 Å². The van der Waals surface area contributed by atoms with Crippen molar-refractivity contribution in [3.05, 3.63) is 80.2 Å². The largest absolute Gasteiger partial charge is 0.338 e. The predicted octanol–water partition coefficient (Wildman–Crippen LogP) is 1.87. The van der Waals surface area contributed by atoms with Gasteiger partial charge in [-0.2, -0.15) is 15.3 Å². The number of benzene rings is 1. The molecule has 32 heavy (non-hydrogen) atoms. The number of hydrogen-bond acceptors (Lipinski definition) is 7. The van der Waals surface area contributed by atoms with E-state index in [1.165, 1.54) is 20.9 Å². The van der Waals surface area contributed by atoms with Crippen LogP contribution in [0.25, 0.3) is 32.7 Å². The fourth-order valence-corrected chi connectivity index (χ4v) is 4.68. The molecule has 158 valence electrons. The molecule has 0 aliphatic carbocycles. The molecule has 6 aromatic rings. The summed E-state index contributed by atoms with van der Waals surface area (Å²) in [6, 6.07) is 7.64. The highest BCUT2D eigenvalue weighted by Gasteiger charge is 2.19. The van der Waals surface area contributed by atoms with Crippen LogP contribution < -0.4 is 11.1 Å². The van der Waals surface area contributed by atoms with Gasteiger partial charge in [-0.05, 0) is 29.2 Å². The van der Waals surface area contributed by atoms with E-state index in [9.17, 15) is 9.59 Å². The number of nitrogens with zero attached hydrogens (tertiary/aromatic N) is 7. The summed E-state index contributed by atoms with van der Waals surface area (Å²) >= 11 is 1.32. The van der Waals surface area contributed by atoms with Crippen LogP contribution in [0.15, 0.2) is 58.6 Å². The lowest BCUT2D eigenvalue weighted by atomic mass is 10.1. The highest BCUT2D eigenvalue weighted by atomic mass is 32.1. The van der Waals surface area contributed by atoms with Crippen LogP contribution in [0.3, 0.4) is 0 Å². The molecule has 0 aliphatic heterocycles. The molecule has 1 aromatic carbocycles. The zero-order valence-electron chi connectivity index (χ0n) is 16.9. The third-order valence-electron chi connectivity index (χ3n) is 5.70. The van der Waals surface area contributed by atoms with Gasteiger partial charge in [-0.25, -0.2) is 13.7 Å². The topological polar surface area (TPSA) is 116 Å². The quantitative estimate of drug-likeness (QED) is 0.444. The SMILES string of the molecule is Cn1c2cnn(Cc3ccns3)c(=O)c2c2cnn(Cc3cccc4[nH]ncc34)c(=O)c21. The van der Waals surface area contributed by atoms with Crippen LogP contribution in [0, 0.1) is 0 Å². The third-order valence-corrected chi connectivity index (χ3v) is 6.43. The Kier molecular flexibility index (Phi) is 4.05. The maximum Gasteiger partial charge on any atom is 0.291 e. The number of nitrogens with one attached hydrogen (secondary N) is 1. The van der Waals surface area contributed by atoms with Crippen molar-refractivity contribution in [2.24, 2.45) is 7.05 Å². The number of hydrogen-bond donors (Lipinski definition) is 1. The van der Waals surface area contributed by atoms with Crippen molar-refractivity contribution in [2.75, 3.05) is 0 Å². The fourth-order valence-electron chi connectivity index (χ4n) is 4.12. The first-order valence-electron chi connectivity index (χ1n) is 9.86. The number of aromatic nitrogens is 8. The molecule has 0 bridgehead atoms. The van der Waals surface area contributed by atoms with Crippen LogP contribution >= 0.6 is 11.5 Å². The molecule has 0 fully saturated rings. The van der Waals surface area contributed by atoms with E-state index < -0.39 is 0 Å². The van der Waals surface area contributed by atoms with Gasteiger partial charge in [0, 0.05) is 28.9 Å². The van der Waals surface area contributed by atoms with E-state index in [-0.39, 0.29) is 11.1 Å². The van der Waals surface area contributed by atoms with Crippen LogP contribution in [0.2, 0.25) is 0 Å². The summed E-state index contributed by atoms with van der Waals surface area (Å²) in [4.78, 5) is 27.5. The molecule has 0 atom stereocenters. The zero-order chi connectivity index (χ0) is 21.8. The average molecular weight is 444 g/mol. The first kappa shape index (κ1) is 18.6. The van der Waals surface area contributed by atoms with E-state index in [1.807, 2.05) is 24.3 Å². The minimum atomic E-state index is -0.268. The molecule has 0 unspecified atom stereocenters. The molecule has 5 aromatic heterocycles. The lowest BCUT2D eigenvalue weighted by Crippen LogP contribution is -2.24. The van der Waals surface area contributed by atoms with Gasteiger partial charge in [0.2, 0.25) is 0 Å². The van der Waals surface area contributed by atoms with Crippen molar-refractivity contribution in [1.82, 2.24) is 38.7 Å². The minimum Gasteiger partial charge on any atom is -0.338 e. The number of rotatable bonds is 4. The molecule has 6 rings (SSSR count). The van der Waals surface area contributed by atoms with Crippen LogP contribution in [0.4, 0.5) is 0 Å². The Balaban J connectivity index is 1.52. The molecule has 5 heterocycles.